The van der Waals surface area contributed by atoms with Crippen LogP contribution in [0.3, 0.4) is 0 Å². The Hall–Kier alpha value is 0.440. The number of hydrogen-bond donors (Lipinski definition) is 0. The molecule has 0 aliphatic carbocycles. The van der Waals surface area contributed by atoms with Gasteiger partial charge in [0.2, 0.25) is 0 Å². The van der Waals surface area contributed by atoms with E-state index in [-0.39, 0.29) is 0 Å². The van der Waals surface area contributed by atoms with E-state index in [2.05, 4.69) is 6.92 Å². The van der Waals surface area contributed by atoms with E-state index in [0.29, 0.717) is 16.2 Å². The first kappa shape index (κ1) is 12.5. The molecule has 0 bridgehead atoms. The molecule has 0 amide bonds. The van der Waals surface area contributed by atoms with Crippen molar-refractivity contribution in [2.24, 2.45) is 0 Å². The molecular formula is C10H11Cl3S. The minimum atomic E-state index is 0.448. The van der Waals surface area contributed by atoms with Gasteiger partial charge in [0.1, 0.15) is 0 Å². The summed E-state index contributed by atoms with van der Waals surface area (Å²) in [6, 6.07) is 5.58. The Bertz CT molecular complexity index is 301. The van der Waals surface area contributed by atoms with Crippen LogP contribution in [0.25, 0.3) is 0 Å². The fourth-order valence-corrected chi connectivity index (χ4v) is 2.54. The molecule has 0 spiro atoms. The van der Waals surface area contributed by atoms with E-state index < -0.39 is 0 Å². The summed E-state index contributed by atoms with van der Waals surface area (Å²) in [6.07, 6.45) is 0. The number of rotatable bonds is 4. The lowest BCUT2D eigenvalue weighted by Gasteiger charge is -2.08. The molecule has 0 N–H and O–H groups in total. The first-order valence-corrected chi connectivity index (χ1v) is 6.59. The minimum Gasteiger partial charge on any atom is -0.153 e. The highest BCUT2D eigenvalue weighted by Crippen LogP contribution is 2.26. The topological polar surface area (TPSA) is 0 Å². The summed E-state index contributed by atoms with van der Waals surface area (Å²) in [5, 5.41) is 1.85. The van der Waals surface area contributed by atoms with Crippen molar-refractivity contribution in [2.45, 2.75) is 17.9 Å². The third-order valence-corrected chi connectivity index (χ3v) is 4.20. The van der Waals surface area contributed by atoms with Crippen LogP contribution >= 0.6 is 46.6 Å². The van der Waals surface area contributed by atoms with E-state index in [1.165, 1.54) is 0 Å². The Labute approximate surface area is 104 Å². The maximum Gasteiger partial charge on any atom is 0.0461 e. The molecule has 0 heterocycles. The standard InChI is InChI=1S/C10H11Cl3S/c1-7(5-11)14-6-8-2-3-9(12)4-10(8)13/h2-4,7H,5-6H2,1H3. The second kappa shape index (κ2) is 6.12. The summed E-state index contributed by atoms with van der Waals surface area (Å²) in [4.78, 5) is 0. The third-order valence-electron chi connectivity index (χ3n) is 1.76. The zero-order chi connectivity index (χ0) is 10.6. The summed E-state index contributed by atoms with van der Waals surface area (Å²) in [5.41, 5.74) is 1.11. The van der Waals surface area contributed by atoms with Gasteiger partial charge in [-0.25, -0.2) is 0 Å². The normalized spacial score (nSPS) is 12.9. The van der Waals surface area contributed by atoms with Gasteiger partial charge in [-0.2, -0.15) is 11.8 Å². The molecule has 1 unspecified atom stereocenters. The van der Waals surface area contributed by atoms with Crippen molar-refractivity contribution in [2.75, 3.05) is 5.88 Å². The van der Waals surface area contributed by atoms with Gasteiger partial charge in [0, 0.05) is 26.9 Å². The van der Waals surface area contributed by atoms with Gasteiger partial charge in [0.15, 0.2) is 0 Å². The van der Waals surface area contributed by atoms with E-state index in [1.54, 1.807) is 17.8 Å². The van der Waals surface area contributed by atoms with Crippen molar-refractivity contribution in [3.05, 3.63) is 33.8 Å². The highest BCUT2D eigenvalue weighted by molar-refractivity contribution is 7.99. The van der Waals surface area contributed by atoms with Gasteiger partial charge >= 0.3 is 0 Å². The van der Waals surface area contributed by atoms with E-state index in [9.17, 15) is 0 Å². The molecular weight excluding hydrogens is 259 g/mol. The van der Waals surface area contributed by atoms with Crippen LogP contribution in [0, 0.1) is 0 Å². The fraction of sp³-hybridized carbons (Fsp3) is 0.400. The molecule has 14 heavy (non-hydrogen) atoms. The van der Waals surface area contributed by atoms with Crippen molar-refractivity contribution in [1.29, 1.82) is 0 Å². The number of alkyl halides is 1. The molecule has 0 nitrogen and oxygen atoms in total. The Morgan fingerprint density at radius 1 is 1.36 bits per heavy atom. The maximum absolute atomic E-state index is 6.03. The van der Waals surface area contributed by atoms with Crippen molar-refractivity contribution < 1.29 is 0 Å². The average Bonchev–Trinajstić information content (AvgIpc) is 2.16. The second-order valence-electron chi connectivity index (χ2n) is 3.01. The molecule has 0 aromatic heterocycles. The molecule has 1 aromatic carbocycles. The molecule has 0 aliphatic heterocycles. The van der Waals surface area contributed by atoms with Crippen LogP contribution in [0.4, 0.5) is 0 Å². The third kappa shape index (κ3) is 3.90. The zero-order valence-electron chi connectivity index (χ0n) is 7.77. The van der Waals surface area contributed by atoms with Crippen molar-refractivity contribution in [3.8, 4) is 0 Å². The molecule has 0 fully saturated rings. The van der Waals surface area contributed by atoms with Crippen LogP contribution in [-0.4, -0.2) is 11.1 Å². The van der Waals surface area contributed by atoms with Gasteiger partial charge in [0.05, 0.1) is 0 Å². The molecule has 0 saturated carbocycles. The molecule has 1 atom stereocenters. The lowest BCUT2D eigenvalue weighted by Crippen LogP contribution is -1.97. The monoisotopic (exact) mass is 268 g/mol. The van der Waals surface area contributed by atoms with Crippen LogP contribution in [0.1, 0.15) is 12.5 Å². The Morgan fingerprint density at radius 3 is 2.64 bits per heavy atom. The average molecular weight is 270 g/mol. The van der Waals surface area contributed by atoms with Crippen molar-refractivity contribution >= 4 is 46.6 Å². The minimum absolute atomic E-state index is 0.448. The van der Waals surface area contributed by atoms with E-state index in [1.807, 2.05) is 12.1 Å². The van der Waals surface area contributed by atoms with Crippen LogP contribution in [0.5, 0.6) is 0 Å². The Kier molecular flexibility index (Phi) is 5.47. The smallest absolute Gasteiger partial charge is 0.0461 e. The molecule has 1 rings (SSSR count). The number of benzene rings is 1. The number of hydrogen-bond acceptors (Lipinski definition) is 1. The zero-order valence-corrected chi connectivity index (χ0v) is 10.9. The summed E-state index contributed by atoms with van der Waals surface area (Å²) in [7, 11) is 0. The van der Waals surface area contributed by atoms with E-state index >= 15 is 0 Å². The quantitative estimate of drug-likeness (QED) is 0.704. The largest absolute Gasteiger partial charge is 0.153 e. The molecule has 0 aliphatic rings. The summed E-state index contributed by atoms with van der Waals surface area (Å²) in [6.45, 7) is 2.10. The molecule has 0 saturated heterocycles. The first-order valence-electron chi connectivity index (χ1n) is 4.25. The molecule has 78 valence electrons. The predicted molar refractivity (Wildman–Crippen MR) is 67.9 cm³/mol. The first-order chi connectivity index (χ1) is 6.63. The fourth-order valence-electron chi connectivity index (χ4n) is 0.915. The lowest BCUT2D eigenvalue weighted by molar-refractivity contribution is 1.12. The van der Waals surface area contributed by atoms with Crippen molar-refractivity contribution in [3.63, 3.8) is 0 Å². The van der Waals surface area contributed by atoms with E-state index in [4.69, 9.17) is 34.8 Å². The second-order valence-corrected chi connectivity index (χ2v) is 5.59. The summed E-state index contributed by atoms with van der Waals surface area (Å²) >= 11 is 19.3. The van der Waals surface area contributed by atoms with Crippen LogP contribution in [0.15, 0.2) is 18.2 Å². The lowest BCUT2D eigenvalue weighted by atomic mass is 10.2. The highest BCUT2D eigenvalue weighted by Gasteiger charge is 2.04. The highest BCUT2D eigenvalue weighted by atomic mass is 35.5. The molecule has 1 aromatic rings. The number of thioether (sulfide) groups is 1. The van der Waals surface area contributed by atoms with Gasteiger partial charge < -0.3 is 0 Å². The van der Waals surface area contributed by atoms with Gasteiger partial charge in [-0.1, -0.05) is 36.2 Å². The summed E-state index contributed by atoms with van der Waals surface area (Å²) in [5.74, 6) is 1.54. The predicted octanol–water partition coefficient (Wildman–Crippen LogP) is 4.85. The van der Waals surface area contributed by atoms with Gasteiger partial charge in [-0.15, -0.1) is 11.6 Å². The molecule has 0 radical (unpaired) electrons. The molecule has 4 heteroatoms. The Balaban J connectivity index is 2.59. The van der Waals surface area contributed by atoms with E-state index in [0.717, 1.165) is 16.3 Å². The van der Waals surface area contributed by atoms with Gasteiger partial charge in [-0.05, 0) is 17.7 Å². The van der Waals surface area contributed by atoms with Crippen LogP contribution in [-0.2, 0) is 5.75 Å². The maximum atomic E-state index is 6.03. The van der Waals surface area contributed by atoms with Gasteiger partial charge in [0.25, 0.3) is 0 Å². The number of halogens is 3. The van der Waals surface area contributed by atoms with Crippen LogP contribution in [0.2, 0.25) is 10.0 Å². The van der Waals surface area contributed by atoms with Gasteiger partial charge in [-0.3, -0.25) is 0 Å². The Morgan fingerprint density at radius 2 is 2.07 bits per heavy atom. The van der Waals surface area contributed by atoms with Crippen molar-refractivity contribution in [1.82, 2.24) is 0 Å². The van der Waals surface area contributed by atoms with Crippen LogP contribution < -0.4 is 0 Å². The SMILES string of the molecule is CC(CCl)SCc1ccc(Cl)cc1Cl. The summed E-state index contributed by atoms with van der Waals surface area (Å²) < 4.78 is 0.